The predicted molar refractivity (Wildman–Crippen MR) is 74.5 cm³/mol. The summed E-state index contributed by atoms with van der Waals surface area (Å²) in [6.07, 6.45) is 0.941. The zero-order valence-corrected chi connectivity index (χ0v) is 10.9. The van der Waals surface area contributed by atoms with Gasteiger partial charge in [-0.05, 0) is 35.7 Å². The molecule has 2 rings (SSSR count). The van der Waals surface area contributed by atoms with E-state index in [4.69, 9.17) is 4.74 Å². The SMILES string of the molecule is CCc1ccc(-c2ccc([N+](=O)[O-])cc2)c(OC)c1. The van der Waals surface area contributed by atoms with E-state index < -0.39 is 4.92 Å². The fourth-order valence-electron chi connectivity index (χ4n) is 1.96. The van der Waals surface area contributed by atoms with E-state index in [1.54, 1.807) is 19.2 Å². The van der Waals surface area contributed by atoms with E-state index in [0.29, 0.717) is 0 Å². The Morgan fingerprint density at radius 2 is 1.84 bits per heavy atom. The maximum absolute atomic E-state index is 10.6. The molecule has 2 aromatic rings. The lowest BCUT2D eigenvalue weighted by Crippen LogP contribution is -1.91. The van der Waals surface area contributed by atoms with Gasteiger partial charge in [-0.25, -0.2) is 0 Å². The van der Waals surface area contributed by atoms with Crippen molar-refractivity contribution in [3.05, 3.63) is 58.1 Å². The van der Waals surface area contributed by atoms with Crippen molar-refractivity contribution in [2.75, 3.05) is 7.11 Å². The first-order valence-corrected chi connectivity index (χ1v) is 6.07. The summed E-state index contributed by atoms with van der Waals surface area (Å²) in [6, 6.07) is 12.5. The van der Waals surface area contributed by atoms with Crippen molar-refractivity contribution in [3.63, 3.8) is 0 Å². The molecule has 0 spiro atoms. The number of rotatable bonds is 4. The quantitative estimate of drug-likeness (QED) is 0.617. The van der Waals surface area contributed by atoms with E-state index in [1.807, 2.05) is 18.2 Å². The van der Waals surface area contributed by atoms with Gasteiger partial charge in [0.15, 0.2) is 0 Å². The van der Waals surface area contributed by atoms with Crippen molar-refractivity contribution >= 4 is 5.69 Å². The van der Waals surface area contributed by atoms with E-state index in [2.05, 4.69) is 6.92 Å². The maximum Gasteiger partial charge on any atom is 0.269 e. The van der Waals surface area contributed by atoms with Gasteiger partial charge < -0.3 is 4.74 Å². The smallest absolute Gasteiger partial charge is 0.269 e. The van der Waals surface area contributed by atoms with Gasteiger partial charge >= 0.3 is 0 Å². The molecule has 98 valence electrons. The summed E-state index contributed by atoms with van der Waals surface area (Å²) in [5.41, 5.74) is 3.13. The molecule has 0 bridgehead atoms. The Kier molecular flexibility index (Phi) is 3.80. The Bertz CT molecular complexity index is 591. The van der Waals surface area contributed by atoms with Crippen molar-refractivity contribution in [1.82, 2.24) is 0 Å². The fourth-order valence-corrected chi connectivity index (χ4v) is 1.96. The predicted octanol–water partition coefficient (Wildman–Crippen LogP) is 3.83. The standard InChI is InChI=1S/C15H15NO3/c1-3-11-4-9-14(15(10-11)19-2)12-5-7-13(8-6-12)16(17)18/h4-10H,3H2,1-2H3. The number of aryl methyl sites for hydroxylation is 1. The van der Waals surface area contributed by atoms with Crippen molar-refractivity contribution in [3.8, 4) is 16.9 Å². The number of non-ortho nitro benzene ring substituents is 1. The zero-order valence-electron chi connectivity index (χ0n) is 10.9. The highest BCUT2D eigenvalue weighted by Crippen LogP contribution is 2.31. The minimum atomic E-state index is -0.402. The topological polar surface area (TPSA) is 52.4 Å². The summed E-state index contributed by atoms with van der Waals surface area (Å²) in [6.45, 7) is 2.08. The van der Waals surface area contributed by atoms with Crippen LogP contribution in [0.5, 0.6) is 5.75 Å². The summed E-state index contributed by atoms with van der Waals surface area (Å²) >= 11 is 0. The molecule has 0 unspecified atom stereocenters. The molecule has 19 heavy (non-hydrogen) atoms. The largest absolute Gasteiger partial charge is 0.496 e. The van der Waals surface area contributed by atoms with E-state index in [9.17, 15) is 10.1 Å². The number of benzene rings is 2. The van der Waals surface area contributed by atoms with Crippen molar-refractivity contribution in [2.45, 2.75) is 13.3 Å². The monoisotopic (exact) mass is 257 g/mol. The molecular formula is C15H15NO3. The van der Waals surface area contributed by atoms with Crippen LogP contribution in [0.3, 0.4) is 0 Å². The van der Waals surface area contributed by atoms with E-state index >= 15 is 0 Å². The number of hydrogen-bond acceptors (Lipinski definition) is 3. The second kappa shape index (κ2) is 5.52. The van der Waals surface area contributed by atoms with E-state index in [-0.39, 0.29) is 5.69 Å². The molecule has 0 aromatic heterocycles. The summed E-state index contributed by atoms with van der Waals surface area (Å²) in [5, 5.41) is 10.6. The maximum atomic E-state index is 10.6. The summed E-state index contributed by atoms with van der Waals surface area (Å²) in [5.74, 6) is 0.785. The van der Waals surface area contributed by atoms with Crippen LogP contribution in [0, 0.1) is 10.1 Å². The highest BCUT2D eigenvalue weighted by atomic mass is 16.6. The summed E-state index contributed by atoms with van der Waals surface area (Å²) in [7, 11) is 1.63. The first kappa shape index (κ1) is 13.1. The molecule has 4 nitrogen and oxygen atoms in total. The molecule has 0 saturated heterocycles. The van der Waals surface area contributed by atoms with Gasteiger partial charge in [0, 0.05) is 17.7 Å². The highest BCUT2D eigenvalue weighted by molar-refractivity contribution is 5.71. The molecular weight excluding hydrogens is 242 g/mol. The van der Waals surface area contributed by atoms with Crippen LogP contribution in [-0.2, 0) is 6.42 Å². The van der Waals surface area contributed by atoms with E-state index in [1.165, 1.54) is 17.7 Å². The number of methoxy groups -OCH3 is 1. The lowest BCUT2D eigenvalue weighted by atomic mass is 10.0. The Hall–Kier alpha value is -2.36. The molecule has 0 fully saturated rings. The molecule has 0 heterocycles. The van der Waals surface area contributed by atoms with Crippen LogP contribution >= 0.6 is 0 Å². The zero-order chi connectivity index (χ0) is 13.8. The minimum Gasteiger partial charge on any atom is -0.496 e. The Morgan fingerprint density at radius 3 is 2.37 bits per heavy atom. The normalized spacial score (nSPS) is 10.2. The van der Waals surface area contributed by atoms with Crippen molar-refractivity contribution in [2.24, 2.45) is 0 Å². The number of nitro groups is 1. The average molecular weight is 257 g/mol. The number of nitrogens with zero attached hydrogens (tertiary/aromatic N) is 1. The van der Waals surface area contributed by atoms with Gasteiger partial charge in [0.1, 0.15) is 5.75 Å². The molecule has 0 aliphatic rings. The van der Waals surface area contributed by atoms with Crippen LogP contribution in [0.1, 0.15) is 12.5 Å². The molecule has 0 amide bonds. The molecule has 4 heteroatoms. The van der Waals surface area contributed by atoms with Crippen LogP contribution in [-0.4, -0.2) is 12.0 Å². The summed E-state index contributed by atoms with van der Waals surface area (Å²) < 4.78 is 5.39. The Balaban J connectivity index is 2.43. The van der Waals surface area contributed by atoms with E-state index in [0.717, 1.165) is 23.3 Å². The first-order valence-electron chi connectivity index (χ1n) is 6.07. The van der Waals surface area contributed by atoms with Crippen LogP contribution < -0.4 is 4.74 Å². The molecule has 2 aromatic carbocycles. The van der Waals surface area contributed by atoms with Crippen LogP contribution in [0.15, 0.2) is 42.5 Å². The molecule has 0 atom stereocenters. The Morgan fingerprint density at radius 1 is 1.16 bits per heavy atom. The van der Waals surface area contributed by atoms with Gasteiger partial charge in [-0.3, -0.25) is 10.1 Å². The Labute approximate surface area is 111 Å². The van der Waals surface area contributed by atoms with Gasteiger partial charge in [-0.1, -0.05) is 19.1 Å². The third-order valence-electron chi connectivity index (χ3n) is 3.06. The van der Waals surface area contributed by atoms with Crippen LogP contribution in [0.4, 0.5) is 5.69 Å². The van der Waals surface area contributed by atoms with Crippen LogP contribution in [0.25, 0.3) is 11.1 Å². The average Bonchev–Trinajstić information content (AvgIpc) is 2.46. The molecule has 0 aliphatic heterocycles. The lowest BCUT2D eigenvalue weighted by Gasteiger charge is -2.10. The molecule has 0 saturated carbocycles. The van der Waals surface area contributed by atoms with Crippen molar-refractivity contribution < 1.29 is 9.66 Å². The molecule has 0 aliphatic carbocycles. The highest BCUT2D eigenvalue weighted by Gasteiger charge is 2.09. The second-order valence-electron chi connectivity index (χ2n) is 4.19. The van der Waals surface area contributed by atoms with Gasteiger partial charge in [-0.15, -0.1) is 0 Å². The number of nitro benzene ring substituents is 1. The first-order chi connectivity index (χ1) is 9.15. The van der Waals surface area contributed by atoms with Gasteiger partial charge in [0.05, 0.1) is 12.0 Å². The van der Waals surface area contributed by atoms with Gasteiger partial charge in [0.2, 0.25) is 0 Å². The molecule has 0 radical (unpaired) electrons. The lowest BCUT2D eigenvalue weighted by molar-refractivity contribution is -0.384. The van der Waals surface area contributed by atoms with Gasteiger partial charge in [0.25, 0.3) is 5.69 Å². The number of hydrogen-bond donors (Lipinski definition) is 0. The second-order valence-corrected chi connectivity index (χ2v) is 4.19. The minimum absolute atomic E-state index is 0.0906. The van der Waals surface area contributed by atoms with Gasteiger partial charge in [-0.2, -0.15) is 0 Å². The van der Waals surface area contributed by atoms with Crippen LogP contribution in [0.2, 0.25) is 0 Å². The third kappa shape index (κ3) is 2.73. The summed E-state index contributed by atoms with van der Waals surface area (Å²) in [4.78, 5) is 10.2. The third-order valence-corrected chi connectivity index (χ3v) is 3.06. The van der Waals surface area contributed by atoms with Crippen molar-refractivity contribution in [1.29, 1.82) is 0 Å². The molecule has 0 N–H and O–H groups in total. The fraction of sp³-hybridized carbons (Fsp3) is 0.200. The number of ether oxygens (including phenoxy) is 1.